The lowest BCUT2D eigenvalue weighted by atomic mass is 9.86. The van der Waals surface area contributed by atoms with E-state index >= 15 is 0 Å². The molecule has 1 aromatic carbocycles. The van der Waals surface area contributed by atoms with Gasteiger partial charge in [-0.1, -0.05) is 31.5 Å². The third kappa shape index (κ3) is 3.06. The van der Waals surface area contributed by atoms with Crippen molar-refractivity contribution in [2.75, 3.05) is 6.61 Å². The lowest BCUT2D eigenvalue weighted by Gasteiger charge is -2.22. The molecule has 1 N–H and O–H groups in total. The van der Waals surface area contributed by atoms with Crippen molar-refractivity contribution in [1.82, 2.24) is 0 Å². The van der Waals surface area contributed by atoms with Gasteiger partial charge in [-0.25, -0.2) is 0 Å². The van der Waals surface area contributed by atoms with Crippen LogP contribution in [0.5, 0.6) is 5.75 Å². The maximum Gasteiger partial charge on any atom is 0.387 e. The molecule has 0 amide bonds. The van der Waals surface area contributed by atoms with E-state index in [-0.39, 0.29) is 17.4 Å². The van der Waals surface area contributed by atoms with Crippen LogP contribution in [0.15, 0.2) is 18.2 Å². The Kier molecular flexibility index (Phi) is 4.10. The topological polar surface area (TPSA) is 29.5 Å². The lowest BCUT2D eigenvalue weighted by molar-refractivity contribution is -0.0498. The van der Waals surface area contributed by atoms with Gasteiger partial charge in [0.1, 0.15) is 5.75 Å². The summed E-state index contributed by atoms with van der Waals surface area (Å²) in [4.78, 5) is 0. The Bertz CT molecular complexity index is 367. The van der Waals surface area contributed by atoms with E-state index in [4.69, 9.17) is 16.7 Å². The Labute approximate surface area is 97.8 Å². The third-order valence-electron chi connectivity index (χ3n) is 2.32. The monoisotopic (exact) mass is 250 g/mol. The molecule has 0 aliphatic carbocycles. The molecule has 0 saturated carbocycles. The minimum atomic E-state index is -2.89. The number of rotatable bonds is 4. The molecule has 0 radical (unpaired) electrons. The summed E-state index contributed by atoms with van der Waals surface area (Å²) in [5.74, 6) is -0.0610. The molecule has 0 bridgehead atoms. The molecule has 0 saturated heterocycles. The summed E-state index contributed by atoms with van der Waals surface area (Å²) in [6.07, 6.45) is 0. The first-order valence-electron chi connectivity index (χ1n) is 4.72. The normalized spacial score (nSPS) is 11.9. The van der Waals surface area contributed by atoms with E-state index in [0.717, 1.165) is 5.56 Å². The van der Waals surface area contributed by atoms with Crippen molar-refractivity contribution in [1.29, 1.82) is 0 Å². The van der Waals surface area contributed by atoms with E-state index in [1.54, 1.807) is 6.07 Å². The van der Waals surface area contributed by atoms with Gasteiger partial charge in [0, 0.05) is 5.41 Å². The van der Waals surface area contributed by atoms with Gasteiger partial charge in [0.15, 0.2) is 0 Å². The van der Waals surface area contributed by atoms with Gasteiger partial charge in [-0.2, -0.15) is 8.78 Å². The van der Waals surface area contributed by atoms with Crippen molar-refractivity contribution in [2.45, 2.75) is 25.9 Å². The van der Waals surface area contributed by atoms with Crippen molar-refractivity contribution in [3.8, 4) is 5.75 Å². The van der Waals surface area contributed by atoms with Gasteiger partial charge in [-0.05, 0) is 17.7 Å². The highest BCUT2D eigenvalue weighted by Crippen LogP contribution is 2.31. The fraction of sp³-hybridized carbons (Fsp3) is 0.455. The summed E-state index contributed by atoms with van der Waals surface area (Å²) >= 11 is 5.80. The number of halogens is 3. The first-order chi connectivity index (χ1) is 7.36. The van der Waals surface area contributed by atoms with E-state index in [2.05, 4.69) is 4.74 Å². The summed E-state index contributed by atoms with van der Waals surface area (Å²) in [7, 11) is 0. The number of hydrogen-bond acceptors (Lipinski definition) is 2. The number of aliphatic hydroxyl groups excluding tert-OH is 1. The van der Waals surface area contributed by atoms with Crippen LogP contribution in [-0.4, -0.2) is 18.3 Å². The van der Waals surface area contributed by atoms with Gasteiger partial charge in [0.25, 0.3) is 0 Å². The zero-order chi connectivity index (χ0) is 12.3. The Morgan fingerprint density at radius 1 is 1.44 bits per heavy atom. The van der Waals surface area contributed by atoms with Crippen LogP contribution in [0.2, 0.25) is 5.02 Å². The summed E-state index contributed by atoms with van der Waals surface area (Å²) in [6, 6.07) is 4.51. The second-order valence-corrected chi connectivity index (χ2v) is 4.47. The highest BCUT2D eigenvalue weighted by molar-refractivity contribution is 6.32. The van der Waals surface area contributed by atoms with Crippen LogP contribution in [0.4, 0.5) is 8.78 Å². The standard InChI is InChI=1S/C11H13ClF2O2/c1-11(2,6-15)7-3-4-9(8(12)5-7)16-10(13)14/h3-5,10,15H,6H2,1-2H3. The summed E-state index contributed by atoms with van der Waals surface area (Å²) in [5, 5.41) is 9.27. The van der Waals surface area contributed by atoms with Crippen molar-refractivity contribution >= 4 is 11.6 Å². The zero-order valence-corrected chi connectivity index (χ0v) is 9.76. The van der Waals surface area contributed by atoms with Crippen LogP contribution >= 0.6 is 11.6 Å². The van der Waals surface area contributed by atoms with E-state index in [9.17, 15) is 8.78 Å². The van der Waals surface area contributed by atoms with Crippen LogP contribution < -0.4 is 4.74 Å². The van der Waals surface area contributed by atoms with Crippen molar-refractivity contribution in [3.05, 3.63) is 28.8 Å². The molecule has 16 heavy (non-hydrogen) atoms. The van der Waals surface area contributed by atoms with Gasteiger partial charge in [-0.3, -0.25) is 0 Å². The number of aliphatic hydroxyl groups is 1. The minimum Gasteiger partial charge on any atom is -0.433 e. The number of benzene rings is 1. The number of hydrogen-bond donors (Lipinski definition) is 1. The van der Waals surface area contributed by atoms with Crippen LogP contribution in [-0.2, 0) is 5.41 Å². The molecule has 0 unspecified atom stereocenters. The molecule has 90 valence electrons. The first-order valence-corrected chi connectivity index (χ1v) is 5.10. The SMILES string of the molecule is CC(C)(CO)c1ccc(OC(F)F)c(Cl)c1. The molecular weight excluding hydrogens is 238 g/mol. The van der Waals surface area contributed by atoms with Gasteiger partial charge in [0.2, 0.25) is 0 Å². The molecule has 0 aliphatic rings. The number of alkyl halides is 2. The van der Waals surface area contributed by atoms with Gasteiger partial charge in [-0.15, -0.1) is 0 Å². The Hall–Kier alpha value is -0.870. The zero-order valence-electron chi connectivity index (χ0n) is 9.01. The van der Waals surface area contributed by atoms with Crippen molar-refractivity contribution in [2.24, 2.45) is 0 Å². The molecule has 0 aromatic heterocycles. The van der Waals surface area contributed by atoms with Gasteiger partial charge >= 0.3 is 6.61 Å². The average Bonchev–Trinajstić information content (AvgIpc) is 2.20. The van der Waals surface area contributed by atoms with E-state index < -0.39 is 12.0 Å². The van der Waals surface area contributed by atoms with Crippen molar-refractivity contribution in [3.63, 3.8) is 0 Å². The molecule has 0 spiro atoms. The Morgan fingerprint density at radius 3 is 2.50 bits per heavy atom. The maximum atomic E-state index is 12.0. The molecular formula is C11H13ClF2O2. The first kappa shape index (κ1) is 13.2. The maximum absolute atomic E-state index is 12.0. The molecule has 1 rings (SSSR count). The molecule has 0 atom stereocenters. The minimum absolute atomic E-state index is 0.0572. The predicted molar refractivity (Wildman–Crippen MR) is 58.2 cm³/mol. The summed E-state index contributed by atoms with van der Waals surface area (Å²) < 4.78 is 28.2. The smallest absolute Gasteiger partial charge is 0.387 e. The average molecular weight is 251 g/mol. The van der Waals surface area contributed by atoms with Crippen LogP contribution in [0.25, 0.3) is 0 Å². The lowest BCUT2D eigenvalue weighted by Crippen LogP contribution is -2.21. The van der Waals surface area contributed by atoms with E-state index in [1.165, 1.54) is 12.1 Å². The largest absolute Gasteiger partial charge is 0.433 e. The fourth-order valence-corrected chi connectivity index (χ4v) is 1.43. The van der Waals surface area contributed by atoms with E-state index in [0.29, 0.717) is 0 Å². The highest BCUT2D eigenvalue weighted by atomic mass is 35.5. The van der Waals surface area contributed by atoms with Gasteiger partial charge in [0.05, 0.1) is 11.6 Å². The molecule has 5 heteroatoms. The third-order valence-corrected chi connectivity index (χ3v) is 2.62. The van der Waals surface area contributed by atoms with E-state index in [1.807, 2.05) is 13.8 Å². The Balaban J connectivity index is 2.99. The van der Waals surface area contributed by atoms with Gasteiger partial charge < -0.3 is 9.84 Å². The molecule has 0 aliphatic heterocycles. The molecule has 2 nitrogen and oxygen atoms in total. The molecule has 0 fully saturated rings. The fourth-order valence-electron chi connectivity index (χ4n) is 1.20. The molecule has 0 heterocycles. The van der Waals surface area contributed by atoms with Crippen LogP contribution in [0.1, 0.15) is 19.4 Å². The Morgan fingerprint density at radius 2 is 2.06 bits per heavy atom. The van der Waals surface area contributed by atoms with Crippen LogP contribution in [0, 0.1) is 0 Å². The number of ether oxygens (including phenoxy) is 1. The molecule has 1 aromatic rings. The van der Waals surface area contributed by atoms with Crippen molar-refractivity contribution < 1.29 is 18.6 Å². The quantitative estimate of drug-likeness (QED) is 0.889. The second-order valence-electron chi connectivity index (χ2n) is 4.07. The van der Waals surface area contributed by atoms with Crippen LogP contribution in [0.3, 0.4) is 0 Å². The predicted octanol–water partition coefficient (Wildman–Crippen LogP) is 3.21. The summed E-state index contributed by atoms with van der Waals surface area (Å²) in [5.41, 5.74) is 0.300. The summed E-state index contributed by atoms with van der Waals surface area (Å²) in [6.45, 7) is 0.700. The second kappa shape index (κ2) is 4.97. The highest BCUT2D eigenvalue weighted by Gasteiger charge is 2.21.